The van der Waals surface area contributed by atoms with Crippen molar-refractivity contribution < 1.29 is 9.53 Å². The number of ether oxygens (including phenoxy) is 1. The number of nitrogens with zero attached hydrogens (tertiary/aromatic N) is 1. The first-order chi connectivity index (χ1) is 9.98. The van der Waals surface area contributed by atoms with E-state index in [1.54, 1.807) is 0 Å². The number of pyridine rings is 1. The van der Waals surface area contributed by atoms with Crippen LogP contribution in [0.25, 0.3) is 0 Å². The van der Waals surface area contributed by atoms with Crippen LogP contribution in [0.5, 0.6) is 0 Å². The number of aryl methyl sites for hydroxylation is 2. The van der Waals surface area contributed by atoms with E-state index < -0.39 is 17.1 Å². The van der Waals surface area contributed by atoms with E-state index in [1.165, 1.54) is 0 Å². The van der Waals surface area contributed by atoms with E-state index in [9.17, 15) is 4.79 Å². The topological polar surface area (TPSA) is 77.2 Å². The van der Waals surface area contributed by atoms with Gasteiger partial charge in [-0.1, -0.05) is 18.5 Å². The fourth-order valence-corrected chi connectivity index (χ4v) is 2.87. The third-order valence-corrected chi connectivity index (χ3v) is 3.65. The number of amides is 1. The first kappa shape index (κ1) is 18.7. The number of nitrogens with two attached hydrogens (primary N) is 1. The molecule has 22 heavy (non-hydrogen) atoms. The van der Waals surface area contributed by atoms with Crippen LogP contribution in [-0.4, -0.2) is 29.8 Å². The molecule has 1 aromatic rings. The quantitative estimate of drug-likeness (QED) is 0.833. The summed E-state index contributed by atoms with van der Waals surface area (Å²) in [5, 5.41) is 3.20. The number of alkyl carbamates (subject to hydrolysis) is 1. The molecule has 5 nitrogen and oxygen atoms in total. The van der Waals surface area contributed by atoms with Gasteiger partial charge in [0, 0.05) is 29.8 Å². The summed E-state index contributed by atoms with van der Waals surface area (Å²) < 4.78 is 5.25. The third kappa shape index (κ3) is 4.85. The second kappa shape index (κ2) is 6.84. The first-order valence-electron chi connectivity index (χ1n) is 7.29. The molecule has 0 saturated carbocycles. The highest BCUT2D eigenvalue weighted by molar-refractivity contribution is 6.30. The van der Waals surface area contributed by atoms with Gasteiger partial charge in [-0.15, -0.1) is 0 Å². The molecule has 0 aliphatic heterocycles. The van der Waals surface area contributed by atoms with E-state index in [2.05, 4.69) is 10.3 Å². The van der Waals surface area contributed by atoms with Crippen LogP contribution in [-0.2, 0) is 10.2 Å². The molecule has 0 saturated heterocycles. The van der Waals surface area contributed by atoms with Gasteiger partial charge >= 0.3 is 6.09 Å². The van der Waals surface area contributed by atoms with Gasteiger partial charge in [0.15, 0.2) is 0 Å². The number of carbonyl (C=O) groups excluding carboxylic acids is 1. The molecule has 1 unspecified atom stereocenters. The van der Waals surface area contributed by atoms with E-state index >= 15 is 0 Å². The highest BCUT2D eigenvalue weighted by atomic mass is 35.5. The van der Waals surface area contributed by atoms with Gasteiger partial charge < -0.3 is 15.8 Å². The standard InChI is InChI=1S/C16H26ClN3O2/c1-10-7-11(2)20-13(17)12(10)16(6,8-18)9-19-14(21)22-15(3,4)5/h7H,8-9,18H2,1-6H3,(H,19,21). The molecule has 1 heterocycles. The molecule has 0 radical (unpaired) electrons. The van der Waals surface area contributed by atoms with E-state index in [-0.39, 0.29) is 0 Å². The molecule has 3 N–H and O–H groups in total. The van der Waals surface area contributed by atoms with Gasteiger partial charge in [-0.25, -0.2) is 9.78 Å². The minimum absolute atomic E-state index is 0.323. The summed E-state index contributed by atoms with van der Waals surface area (Å²) in [5.41, 5.74) is 7.62. The van der Waals surface area contributed by atoms with Gasteiger partial charge in [-0.05, 0) is 46.2 Å². The summed E-state index contributed by atoms with van der Waals surface area (Å²) in [7, 11) is 0. The van der Waals surface area contributed by atoms with Gasteiger partial charge in [-0.3, -0.25) is 0 Å². The second-order valence-corrected chi connectivity index (χ2v) is 7.22. The Kier molecular flexibility index (Phi) is 5.82. The Labute approximate surface area is 137 Å². The van der Waals surface area contributed by atoms with Crippen LogP contribution in [0.15, 0.2) is 6.07 Å². The largest absolute Gasteiger partial charge is 0.444 e. The van der Waals surface area contributed by atoms with Crippen LogP contribution in [0.1, 0.15) is 44.5 Å². The van der Waals surface area contributed by atoms with Crippen molar-refractivity contribution in [3.63, 3.8) is 0 Å². The number of hydrogen-bond acceptors (Lipinski definition) is 4. The molecule has 0 bridgehead atoms. The summed E-state index contributed by atoms with van der Waals surface area (Å²) in [6.45, 7) is 11.9. The Morgan fingerprint density at radius 3 is 2.41 bits per heavy atom. The molecule has 1 rings (SSSR count). The van der Waals surface area contributed by atoms with Crippen molar-refractivity contribution in [3.05, 3.63) is 28.0 Å². The minimum atomic E-state index is -0.540. The number of nitrogens with one attached hydrogen (secondary N) is 1. The van der Waals surface area contributed by atoms with E-state index in [0.717, 1.165) is 16.8 Å². The zero-order valence-electron chi connectivity index (χ0n) is 14.2. The average molecular weight is 328 g/mol. The predicted octanol–water partition coefficient (Wildman–Crippen LogP) is 3.09. The SMILES string of the molecule is Cc1cc(C)c(C(C)(CN)CNC(=O)OC(C)(C)C)c(Cl)n1. The summed E-state index contributed by atoms with van der Waals surface area (Å²) in [6, 6.07) is 1.96. The number of hydrogen-bond donors (Lipinski definition) is 2. The van der Waals surface area contributed by atoms with Gasteiger partial charge in [-0.2, -0.15) is 0 Å². The van der Waals surface area contributed by atoms with Crippen LogP contribution in [0.4, 0.5) is 4.79 Å². The summed E-state index contributed by atoms with van der Waals surface area (Å²) in [6.07, 6.45) is -0.471. The molecule has 1 atom stereocenters. The molecular formula is C16H26ClN3O2. The van der Waals surface area contributed by atoms with Gasteiger partial charge in [0.25, 0.3) is 0 Å². The van der Waals surface area contributed by atoms with Crippen molar-refractivity contribution >= 4 is 17.7 Å². The fraction of sp³-hybridized carbons (Fsp3) is 0.625. The smallest absolute Gasteiger partial charge is 0.407 e. The van der Waals surface area contributed by atoms with Gasteiger partial charge in [0.05, 0.1) is 0 Å². The molecule has 0 fully saturated rings. The van der Waals surface area contributed by atoms with Crippen molar-refractivity contribution in [1.82, 2.24) is 10.3 Å². The Hall–Kier alpha value is -1.33. The second-order valence-electron chi connectivity index (χ2n) is 6.87. The van der Waals surface area contributed by atoms with Crippen LogP contribution in [0.2, 0.25) is 5.15 Å². The van der Waals surface area contributed by atoms with Gasteiger partial charge in [0.1, 0.15) is 10.8 Å². The molecule has 124 valence electrons. The first-order valence-corrected chi connectivity index (χ1v) is 7.67. The lowest BCUT2D eigenvalue weighted by Crippen LogP contribution is -2.45. The van der Waals surface area contributed by atoms with Crippen molar-refractivity contribution in [2.45, 2.75) is 52.6 Å². The average Bonchev–Trinajstić information content (AvgIpc) is 2.33. The zero-order chi connectivity index (χ0) is 17.1. The number of carbonyl (C=O) groups is 1. The lowest BCUT2D eigenvalue weighted by molar-refractivity contribution is 0.0516. The Morgan fingerprint density at radius 1 is 1.36 bits per heavy atom. The minimum Gasteiger partial charge on any atom is -0.444 e. The summed E-state index contributed by atoms with van der Waals surface area (Å²) in [5.74, 6) is 0. The lowest BCUT2D eigenvalue weighted by atomic mass is 9.81. The van der Waals surface area contributed by atoms with E-state index in [0.29, 0.717) is 18.2 Å². The van der Waals surface area contributed by atoms with Crippen LogP contribution >= 0.6 is 11.6 Å². The molecule has 0 aromatic carbocycles. The van der Waals surface area contributed by atoms with Crippen LogP contribution < -0.4 is 11.1 Å². The van der Waals surface area contributed by atoms with Crippen molar-refractivity contribution in [2.24, 2.45) is 5.73 Å². The highest BCUT2D eigenvalue weighted by Crippen LogP contribution is 2.31. The molecule has 0 aliphatic carbocycles. The molecule has 1 amide bonds. The van der Waals surface area contributed by atoms with E-state index in [4.69, 9.17) is 22.1 Å². The number of halogens is 1. The lowest BCUT2D eigenvalue weighted by Gasteiger charge is -2.31. The summed E-state index contributed by atoms with van der Waals surface area (Å²) in [4.78, 5) is 16.2. The Morgan fingerprint density at radius 2 is 1.95 bits per heavy atom. The molecular weight excluding hydrogens is 302 g/mol. The molecule has 6 heteroatoms. The van der Waals surface area contributed by atoms with E-state index in [1.807, 2.05) is 47.6 Å². The number of aromatic nitrogens is 1. The summed E-state index contributed by atoms with van der Waals surface area (Å²) >= 11 is 6.31. The molecule has 0 spiro atoms. The maximum Gasteiger partial charge on any atom is 0.407 e. The Bertz CT molecular complexity index is 532. The maximum absolute atomic E-state index is 11.9. The van der Waals surface area contributed by atoms with Gasteiger partial charge in [0.2, 0.25) is 0 Å². The third-order valence-electron chi connectivity index (χ3n) is 3.38. The number of rotatable bonds is 4. The van der Waals surface area contributed by atoms with Crippen LogP contribution in [0.3, 0.4) is 0 Å². The monoisotopic (exact) mass is 327 g/mol. The fourth-order valence-electron chi connectivity index (χ4n) is 2.36. The highest BCUT2D eigenvalue weighted by Gasteiger charge is 2.31. The van der Waals surface area contributed by atoms with Crippen molar-refractivity contribution in [2.75, 3.05) is 13.1 Å². The van der Waals surface area contributed by atoms with Crippen molar-refractivity contribution in [1.29, 1.82) is 0 Å². The van der Waals surface area contributed by atoms with Crippen LogP contribution in [0, 0.1) is 13.8 Å². The van der Waals surface area contributed by atoms with Crippen molar-refractivity contribution in [3.8, 4) is 0 Å². The normalized spacial score (nSPS) is 14.4. The molecule has 1 aromatic heterocycles. The zero-order valence-corrected chi connectivity index (χ0v) is 15.0. The maximum atomic E-state index is 11.9. The molecule has 0 aliphatic rings. The Balaban J connectivity index is 2.96. The predicted molar refractivity (Wildman–Crippen MR) is 89.4 cm³/mol.